The lowest BCUT2D eigenvalue weighted by molar-refractivity contribution is -0.118. The van der Waals surface area contributed by atoms with Gasteiger partial charge in [0.2, 0.25) is 5.91 Å². The number of aromatic nitrogens is 1. The molecule has 0 radical (unpaired) electrons. The van der Waals surface area contributed by atoms with Gasteiger partial charge in [0.25, 0.3) is 0 Å². The fraction of sp³-hybridized carbons (Fsp3) is 0.500. The van der Waals surface area contributed by atoms with E-state index >= 15 is 0 Å². The van der Waals surface area contributed by atoms with E-state index in [0.29, 0.717) is 6.42 Å². The maximum atomic E-state index is 11.8. The molecule has 1 saturated carbocycles. The average Bonchev–Trinajstić information content (AvgIpc) is 2.20. The van der Waals surface area contributed by atoms with Gasteiger partial charge in [0.15, 0.2) is 0 Å². The van der Waals surface area contributed by atoms with Gasteiger partial charge in [-0.3, -0.25) is 4.79 Å². The van der Waals surface area contributed by atoms with Crippen molar-refractivity contribution in [2.75, 3.05) is 5.32 Å². The van der Waals surface area contributed by atoms with Crippen LogP contribution in [0, 0.1) is 6.92 Å². The van der Waals surface area contributed by atoms with E-state index in [-0.39, 0.29) is 11.4 Å². The Kier molecular flexibility index (Phi) is 3.49. The number of aryl methyl sites for hydroxylation is 1. The predicted octanol–water partition coefficient (Wildman–Crippen LogP) is 2.36. The van der Waals surface area contributed by atoms with Gasteiger partial charge < -0.3 is 11.1 Å². The van der Waals surface area contributed by atoms with Crippen molar-refractivity contribution < 1.29 is 4.79 Å². The van der Waals surface area contributed by atoms with Crippen LogP contribution in [0.1, 0.15) is 31.4 Å². The fourth-order valence-corrected chi connectivity index (χ4v) is 2.38. The summed E-state index contributed by atoms with van der Waals surface area (Å²) < 4.78 is 0.766. The molecule has 92 valence electrons. The summed E-state index contributed by atoms with van der Waals surface area (Å²) in [7, 11) is 0. The number of nitrogens with two attached hydrogens (primary N) is 1. The van der Waals surface area contributed by atoms with Crippen molar-refractivity contribution in [1.29, 1.82) is 0 Å². The summed E-state index contributed by atoms with van der Waals surface area (Å²) >= 11 is 3.29. The van der Waals surface area contributed by atoms with Crippen LogP contribution in [0.5, 0.6) is 0 Å². The highest BCUT2D eigenvalue weighted by Crippen LogP contribution is 2.32. The van der Waals surface area contributed by atoms with Gasteiger partial charge in [-0.15, -0.1) is 0 Å². The first kappa shape index (κ1) is 12.5. The van der Waals surface area contributed by atoms with E-state index < -0.39 is 0 Å². The molecule has 1 heterocycles. The Morgan fingerprint density at radius 1 is 1.59 bits per heavy atom. The third kappa shape index (κ3) is 3.04. The molecule has 0 atom stereocenters. The molecule has 1 fully saturated rings. The molecule has 1 aromatic heterocycles. The van der Waals surface area contributed by atoms with Crippen LogP contribution < -0.4 is 11.1 Å². The number of halogens is 1. The molecule has 0 aliphatic heterocycles. The number of carbonyl (C=O) groups is 1. The van der Waals surface area contributed by atoms with Gasteiger partial charge in [-0.2, -0.15) is 0 Å². The molecule has 1 aliphatic carbocycles. The summed E-state index contributed by atoms with van der Waals surface area (Å²) in [6, 6.07) is 3.65. The largest absolute Gasteiger partial charge is 0.325 e. The van der Waals surface area contributed by atoms with Crippen LogP contribution in [0.4, 0.5) is 5.69 Å². The fourth-order valence-electron chi connectivity index (χ4n) is 1.98. The van der Waals surface area contributed by atoms with E-state index in [0.717, 1.165) is 35.2 Å². The number of rotatable bonds is 3. The molecule has 0 spiro atoms. The number of carbonyl (C=O) groups excluding carboxylic acids is 1. The van der Waals surface area contributed by atoms with Gasteiger partial charge in [0, 0.05) is 12.0 Å². The van der Waals surface area contributed by atoms with Crippen molar-refractivity contribution in [1.82, 2.24) is 4.98 Å². The number of amides is 1. The Hall–Kier alpha value is -0.940. The third-order valence-corrected chi connectivity index (χ3v) is 3.63. The molecular formula is C12H16BrN3O. The minimum atomic E-state index is -0.277. The van der Waals surface area contributed by atoms with Crippen molar-refractivity contribution in [2.45, 2.75) is 38.1 Å². The molecule has 17 heavy (non-hydrogen) atoms. The smallest absolute Gasteiger partial charge is 0.226 e. The highest BCUT2D eigenvalue weighted by Gasteiger charge is 2.34. The van der Waals surface area contributed by atoms with Gasteiger partial charge in [-0.05, 0) is 54.2 Å². The Morgan fingerprint density at radius 3 is 2.82 bits per heavy atom. The normalized spacial score (nSPS) is 17.4. The van der Waals surface area contributed by atoms with Crippen molar-refractivity contribution in [3.8, 4) is 0 Å². The zero-order chi connectivity index (χ0) is 12.5. The number of anilines is 1. The molecule has 5 heteroatoms. The SMILES string of the molecule is Cc1nc(Br)ccc1NC(=O)CC1(N)CCC1. The molecule has 0 unspecified atom stereocenters. The van der Waals surface area contributed by atoms with E-state index in [4.69, 9.17) is 5.73 Å². The number of nitrogens with zero attached hydrogens (tertiary/aromatic N) is 1. The van der Waals surface area contributed by atoms with Gasteiger partial charge >= 0.3 is 0 Å². The lowest BCUT2D eigenvalue weighted by Crippen LogP contribution is -2.48. The Bertz CT molecular complexity index is 443. The molecule has 0 saturated heterocycles. The van der Waals surface area contributed by atoms with Gasteiger partial charge in [-0.1, -0.05) is 0 Å². The van der Waals surface area contributed by atoms with Crippen LogP contribution in [0.2, 0.25) is 0 Å². The summed E-state index contributed by atoms with van der Waals surface area (Å²) in [5.74, 6) is -0.0283. The number of nitrogens with one attached hydrogen (secondary N) is 1. The molecule has 1 amide bonds. The van der Waals surface area contributed by atoms with E-state index in [9.17, 15) is 4.79 Å². The van der Waals surface area contributed by atoms with E-state index in [2.05, 4.69) is 26.2 Å². The standard InChI is InChI=1S/C12H16BrN3O/c1-8-9(3-4-10(13)15-8)16-11(17)7-12(14)5-2-6-12/h3-4H,2,5-7,14H2,1H3,(H,16,17). The molecule has 0 bridgehead atoms. The quantitative estimate of drug-likeness (QED) is 0.842. The van der Waals surface area contributed by atoms with Gasteiger partial charge in [0.05, 0.1) is 11.4 Å². The summed E-state index contributed by atoms with van der Waals surface area (Å²) in [6.45, 7) is 1.86. The van der Waals surface area contributed by atoms with E-state index in [1.54, 1.807) is 0 Å². The maximum Gasteiger partial charge on any atom is 0.226 e. The lowest BCUT2D eigenvalue weighted by Gasteiger charge is -2.37. The molecule has 4 nitrogen and oxygen atoms in total. The zero-order valence-corrected chi connectivity index (χ0v) is 11.4. The Labute approximate surface area is 109 Å². The summed E-state index contributed by atoms with van der Waals surface area (Å²) in [5.41, 5.74) is 7.31. The monoisotopic (exact) mass is 297 g/mol. The van der Waals surface area contributed by atoms with Crippen LogP contribution in [-0.4, -0.2) is 16.4 Å². The number of pyridine rings is 1. The van der Waals surface area contributed by atoms with Crippen molar-refractivity contribution in [2.24, 2.45) is 5.73 Å². The van der Waals surface area contributed by atoms with E-state index in [1.807, 2.05) is 19.1 Å². The molecule has 1 aromatic rings. The average molecular weight is 298 g/mol. The molecule has 2 rings (SSSR count). The van der Waals surface area contributed by atoms with Gasteiger partial charge in [-0.25, -0.2) is 4.98 Å². The minimum absolute atomic E-state index is 0.0283. The van der Waals surface area contributed by atoms with E-state index in [1.165, 1.54) is 0 Å². The third-order valence-electron chi connectivity index (χ3n) is 3.19. The van der Waals surface area contributed by atoms with Crippen LogP contribution in [0.15, 0.2) is 16.7 Å². The Balaban J connectivity index is 1.98. The first-order valence-electron chi connectivity index (χ1n) is 5.70. The van der Waals surface area contributed by atoms with Crippen molar-refractivity contribution >= 4 is 27.5 Å². The first-order chi connectivity index (χ1) is 7.98. The second kappa shape index (κ2) is 4.74. The molecule has 0 aromatic carbocycles. The van der Waals surface area contributed by atoms with Crippen LogP contribution in [0.25, 0.3) is 0 Å². The highest BCUT2D eigenvalue weighted by molar-refractivity contribution is 9.10. The minimum Gasteiger partial charge on any atom is -0.325 e. The van der Waals surface area contributed by atoms with Crippen molar-refractivity contribution in [3.05, 3.63) is 22.4 Å². The summed E-state index contributed by atoms with van der Waals surface area (Å²) in [6.07, 6.45) is 3.40. The Morgan fingerprint density at radius 2 is 2.29 bits per heavy atom. The number of hydrogen-bond donors (Lipinski definition) is 2. The number of hydrogen-bond acceptors (Lipinski definition) is 3. The molecular weight excluding hydrogens is 282 g/mol. The predicted molar refractivity (Wildman–Crippen MR) is 70.7 cm³/mol. The van der Waals surface area contributed by atoms with Crippen LogP contribution >= 0.6 is 15.9 Å². The lowest BCUT2D eigenvalue weighted by atomic mass is 9.75. The van der Waals surface area contributed by atoms with Gasteiger partial charge in [0.1, 0.15) is 4.60 Å². The summed E-state index contributed by atoms with van der Waals surface area (Å²) in [4.78, 5) is 16.1. The maximum absolute atomic E-state index is 11.8. The first-order valence-corrected chi connectivity index (χ1v) is 6.50. The second-order valence-electron chi connectivity index (χ2n) is 4.71. The zero-order valence-electron chi connectivity index (χ0n) is 9.79. The van der Waals surface area contributed by atoms with Crippen LogP contribution in [0.3, 0.4) is 0 Å². The topological polar surface area (TPSA) is 68.0 Å². The second-order valence-corrected chi connectivity index (χ2v) is 5.52. The van der Waals surface area contributed by atoms with Crippen molar-refractivity contribution in [3.63, 3.8) is 0 Å². The summed E-state index contributed by atoms with van der Waals surface area (Å²) in [5, 5.41) is 2.86. The highest BCUT2D eigenvalue weighted by atomic mass is 79.9. The van der Waals surface area contributed by atoms with Crippen LogP contribution in [-0.2, 0) is 4.79 Å². The molecule has 1 aliphatic rings. The molecule has 3 N–H and O–H groups in total.